The lowest BCUT2D eigenvalue weighted by atomic mass is 10.2. The molecule has 0 aromatic carbocycles. The van der Waals surface area contributed by atoms with Crippen molar-refractivity contribution in [2.75, 3.05) is 13.1 Å². The van der Waals surface area contributed by atoms with Crippen LogP contribution in [0.4, 0.5) is 0 Å². The Morgan fingerprint density at radius 2 is 1.94 bits per heavy atom. The fraction of sp³-hybridized carbons (Fsp3) is 0.583. The second-order valence-electron chi connectivity index (χ2n) is 4.28. The molecule has 0 radical (unpaired) electrons. The number of guanidine groups is 1. The van der Waals surface area contributed by atoms with E-state index in [1.807, 2.05) is 0 Å². The molecule has 2 heterocycles. The van der Waals surface area contributed by atoms with Crippen LogP contribution in [0.3, 0.4) is 0 Å². The fourth-order valence-electron chi connectivity index (χ4n) is 2.00. The Bertz CT molecular complexity index is 386. The number of nitrogens with zero attached hydrogens (tertiary/aromatic N) is 2. The minimum Gasteiger partial charge on any atom is -0.370 e. The molecule has 0 saturated carbocycles. The molecule has 3 nitrogen and oxygen atoms in total. The van der Waals surface area contributed by atoms with Gasteiger partial charge in [-0.05, 0) is 40.9 Å². The molecular formula is C12H19BrIN3S. The first kappa shape index (κ1) is 16.2. The summed E-state index contributed by atoms with van der Waals surface area (Å²) in [5, 5.41) is 0. The summed E-state index contributed by atoms with van der Waals surface area (Å²) in [5.74, 6) is 0.705. The van der Waals surface area contributed by atoms with Crippen molar-refractivity contribution in [1.82, 2.24) is 4.90 Å². The van der Waals surface area contributed by atoms with Gasteiger partial charge in [0.15, 0.2) is 5.96 Å². The summed E-state index contributed by atoms with van der Waals surface area (Å²) in [4.78, 5) is 7.95. The number of hydrogen-bond acceptors (Lipinski definition) is 2. The summed E-state index contributed by atoms with van der Waals surface area (Å²) in [7, 11) is 0. The average Bonchev–Trinajstić information content (AvgIpc) is 2.58. The summed E-state index contributed by atoms with van der Waals surface area (Å²) >= 11 is 5.17. The zero-order valence-electron chi connectivity index (χ0n) is 10.3. The summed E-state index contributed by atoms with van der Waals surface area (Å²) in [6, 6.07) is 4.14. The van der Waals surface area contributed by atoms with E-state index in [0.717, 1.165) is 16.9 Å². The van der Waals surface area contributed by atoms with Crippen LogP contribution >= 0.6 is 51.2 Å². The first-order valence-corrected chi connectivity index (χ1v) is 7.66. The van der Waals surface area contributed by atoms with E-state index in [0.29, 0.717) is 12.5 Å². The largest absolute Gasteiger partial charge is 0.370 e. The molecule has 2 rings (SSSR count). The van der Waals surface area contributed by atoms with Gasteiger partial charge in [-0.15, -0.1) is 35.3 Å². The third-order valence-electron chi connectivity index (χ3n) is 2.96. The Morgan fingerprint density at radius 1 is 1.28 bits per heavy atom. The molecule has 1 aromatic heterocycles. The van der Waals surface area contributed by atoms with E-state index in [-0.39, 0.29) is 24.0 Å². The van der Waals surface area contributed by atoms with Crippen molar-refractivity contribution >= 4 is 57.2 Å². The molecular weight excluding hydrogens is 425 g/mol. The SMILES string of the molecule is I.NC(=NCc1ccc(Br)s1)N1CCCCCC1. The van der Waals surface area contributed by atoms with Gasteiger partial charge < -0.3 is 10.6 Å². The minimum atomic E-state index is 0. The maximum atomic E-state index is 6.04. The normalized spacial score (nSPS) is 17.2. The molecule has 2 N–H and O–H groups in total. The molecule has 1 aromatic rings. The maximum Gasteiger partial charge on any atom is 0.191 e. The number of aliphatic imine (C=N–C) groups is 1. The van der Waals surface area contributed by atoms with E-state index >= 15 is 0 Å². The minimum absolute atomic E-state index is 0. The highest BCUT2D eigenvalue weighted by Crippen LogP contribution is 2.22. The Labute approximate surface area is 138 Å². The van der Waals surface area contributed by atoms with Crippen LogP contribution in [0.25, 0.3) is 0 Å². The Balaban J connectivity index is 0.00000162. The fourth-order valence-corrected chi connectivity index (χ4v) is 3.40. The highest BCUT2D eigenvalue weighted by atomic mass is 127. The summed E-state index contributed by atoms with van der Waals surface area (Å²) in [6.07, 6.45) is 5.12. The highest BCUT2D eigenvalue weighted by molar-refractivity contribution is 14.0. The van der Waals surface area contributed by atoms with Crippen LogP contribution in [0, 0.1) is 0 Å². The third-order valence-corrected chi connectivity index (χ3v) is 4.56. The van der Waals surface area contributed by atoms with Crippen LogP contribution < -0.4 is 5.73 Å². The van der Waals surface area contributed by atoms with Crippen molar-refractivity contribution in [3.8, 4) is 0 Å². The summed E-state index contributed by atoms with van der Waals surface area (Å²) in [5.41, 5.74) is 6.04. The molecule has 102 valence electrons. The predicted octanol–water partition coefficient (Wildman–Crippen LogP) is 3.82. The van der Waals surface area contributed by atoms with E-state index in [1.165, 1.54) is 30.6 Å². The Morgan fingerprint density at radius 3 is 2.50 bits per heavy atom. The second kappa shape index (κ2) is 8.37. The van der Waals surface area contributed by atoms with Crippen molar-refractivity contribution in [1.29, 1.82) is 0 Å². The van der Waals surface area contributed by atoms with Crippen LogP contribution in [-0.4, -0.2) is 23.9 Å². The lowest BCUT2D eigenvalue weighted by Gasteiger charge is -2.20. The third kappa shape index (κ3) is 5.05. The van der Waals surface area contributed by atoms with Crippen LogP contribution in [0.1, 0.15) is 30.6 Å². The highest BCUT2D eigenvalue weighted by Gasteiger charge is 2.10. The van der Waals surface area contributed by atoms with Gasteiger partial charge in [-0.3, -0.25) is 0 Å². The molecule has 1 aliphatic rings. The van der Waals surface area contributed by atoms with E-state index in [9.17, 15) is 0 Å². The molecule has 18 heavy (non-hydrogen) atoms. The van der Waals surface area contributed by atoms with Gasteiger partial charge in [0.05, 0.1) is 10.3 Å². The second-order valence-corrected chi connectivity index (χ2v) is 6.83. The molecule has 1 fully saturated rings. The smallest absolute Gasteiger partial charge is 0.191 e. The number of hydrogen-bond donors (Lipinski definition) is 1. The van der Waals surface area contributed by atoms with Gasteiger partial charge in [0, 0.05) is 18.0 Å². The molecule has 0 atom stereocenters. The quantitative estimate of drug-likeness (QED) is 0.428. The van der Waals surface area contributed by atoms with Crippen molar-refractivity contribution in [2.45, 2.75) is 32.2 Å². The molecule has 0 spiro atoms. The maximum absolute atomic E-state index is 6.04. The van der Waals surface area contributed by atoms with Gasteiger partial charge in [-0.2, -0.15) is 0 Å². The van der Waals surface area contributed by atoms with Gasteiger partial charge in [-0.1, -0.05) is 12.8 Å². The van der Waals surface area contributed by atoms with Crippen molar-refractivity contribution < 1.29 is 0 Å². The predicted molar refractivity (Wildman–Crippen MR) is 92.8 cm³/mol. The lowest BCUT2D eigenvalue weighted by molar-refractivity contribution is 0.428. The van der Waals surface area contributed by atoms with E-state index in [4.69, 9.17) is 5.73 Å². The molecule has 0 aliphatic carbocycles. The standard InChI is InChI=1S/C12H18BrN3S.HI/c13-11-6-5-10(17-11)9-15-12(14)16-7-3-1-2-4-8-16;/h5-6H,1-4,7-9H2,(H2,14,15);1H. The van der Waals surface area contributed by atoms with Gasteiger partial charge in [-0.25, -0.2) is 4.99 Å². The lowest BCUT2D eigenvalue weighted by Crippen LogP contribution is -2.38. The molecule has 0 unspecified atom stereocenters. The summed E-state index contributed by atoms with van der Waals surface area (Å²) in [6.45, 7) is 2.81. The Hall–Kier alpha value is 0.180. The first-order chi connectivity index (χ1) is 8.25. The van der Waals surface area contributed by atoms with Crippen molar-refractivity contribution in [2.24, 2.45) is 10.7 Å². The first-order valence-electron chi connectivity index (χ1n) is 6.05. The molecule has 1 saturated heterocycles. The number of halogens is 2. The van der Waals surface area contributed by atoms with Crippen LogP contribution in [-0.2, 0) is 6.54 Å². The van der Waals surface area contributed by atoms with Gasteiger partial charge in [0.1, 0.15) is 0 Å². The summed E-state index contributed by atoms with van der Waals surface area (Å²) < 4.78 is 1.15. The Kier molecular flexibility index (Phi) is 7.55. The van der Waals surface area contributed by atoms with Gasteiger partial charge in [0.25, 0.3) is 0 Å². The van der Waals surface area contributed by atoms with Gasteiger partial charge >= 0.3 is 0 Å². The number of thiophene rings is 1. The molecule has 0 amide bonds. The average molecular weight is 444 g/mol. The number of nitrogens with two attached hydrogens (primary N) is 1. The van der Waals surface area contributed by atoms with Gasteiger partial charge in [0.2, 0.25) is 0 Å². The van der Waals surface area contributed by atoms with Crippen LogP contribution in [0.15, 0.2) is 20.9 Å². The molecule has 0 bridgehead atoms. The van der Waals surface area contributed by atoms with E-state index in [1.54, 1.807) is 11.3 Å². The zero-order valence-corrected chi connectivity index (χ0v) is 15.0. The van der Waals surface area contributed by atoms with Crippen LogP contribution in [0.5, 0.6) is 0 Å². The monoisotopic (exact) mass is 443 g/mol. The zero-order chi connectivity index (χ0) is 12.1. The van der Waals surface area contributed by atoms with Crippen LogP contribution in [0.2, 0.25) is 0 Å². The molecule has 1 aliphatic heterocycles. The number of rotatable bonds is 2. The topological polar surface area (TPSA) is 41.6 Å². The molecule has 6 heteroatoms. The van der Waals surface area contributed by atoms with Crippen molar-refractivity contribution in [3.63, 3.8) is 0 Å². The van der Waals surface area contributed by atoms with E-state index in [2.05, 4.69) is 38.0 Å². The van der Waals surface area contributed by atoms with Crippen molar-refractivity contribution in [3.05, 3.63) is 20.8 Å². The number of likely N-dealkylation sites (tertiary alicyclic amines) is 1. The van der Waals surface area contributed by atoms with E-state index < -0.39 is 0 Å².